The Morgan fingerprint density at radius 2 is 1.83 bits per heavy atom. The first-order chi connectivity index (χ1) is 11.5. The maximum Gasteiger partial charge on any atom is 0.275 e. The van der Waals surface area contributed by atoms with E-state index in [1.54, 1.807) is 6.07 Å². The smallest absolute Gasteiger partial charge is 0.275 e. The number of allylic oxidation sites excluding steroid dienone is 5. The van der Waals surface area contributed by atoms with Gasteiger partial charge >= 0.3 is 0 Å². The minimum absolute atomic E-state index is 0.0400. The van der Waals surface area contributed by atoms with Crippen molar-refractivity contribution in [3.63, 3.8) is 0 Å². The number of halogens is 1. The zero-order valence-electron chi connectivity index (χ0n) is 12.4. The molecule has 2 aromatic carbocycles. The second-order valence-corrected chi connectivity index (χ2v) is 5.66. The van der Waals surface area contributed by atoms with Crippen molar-refractivity contribution < 1.29 is 14.7 Å². The molecule has 0 unspecified atom stereocenters. The fourth-order valence-electron chi connectivity index (χ4n) is 2.36. The van der Waals surface area contributed by atoms with Gasteiger partial charge in [-0.15, -0.1) is 0 Å². The van der Waals surface area contributed by atoms with Gasteiger partial charge in [-0.25, -0.2) is 5.84 Å². The Kier molecular flexibility index (Phi) is 4.20. The Morgan fingerprint density at radius 3 is 2.50 bits per heavy atom. The lowest BCUT2D eigenvalue weighted by Gasteiger charge is -2.15. The fourth-order valence-corrected chi connectivity index (χ4v) is 2.54. The molecule has 1 aliphatic rings. The van der Waals surface area contributed by atoms with Crippen LogP contribution >= 0.6 is 11.6 Å². The molecule has 0 spiro atoms. The number of amides is 1. The van der Waals surface area contributed by atoms with Crippen LogP contribution in [0, 0.1) is 0 Å². The van der Waals surface area contributed by atoms with Gasteiger partial charge < -0.3 is 5.11 Å². The third-order valence-corrected chi connectivity index (χ3v) is 3.87. The highest BCUT2D eigenvalue weighted by Crippen LogP contribution is 2.26. The molecule has 0 aromatic heterocycles. The highest BCUT2D eigenvalue weighted by atomic mass is 35.5. The van der Waals surface area contributed by atoms with E-state index in [2.05, 4.69) is 0 Å². The fraction of sp³-hybridized carbons (Fsp3) is 0. The summed E-state index contributed by atoms with van der Waals surface area (Å²) in [6.45, 7) is 0. The van der Waals surface area contributed by atoms with Crippen molar-refractivity contribution in [1.82, 2.24) is 5.01 Å². The van der Waals surface area contributed by atoms with Crippen LogP contribution < -0.4 is 5.84 Å². The number of hydrogen-bond acceptors (Lipinski definition) is 4. The number of nitrogens with two attached hydrogens (primary N) is 1. The first-order valence-electron chi connectivity index (χ1n) is 7.07. The molecule has 0 fully saturated rings. The summed E-state index contributed by atoms with van der Waals surface area (Å²) in [5.74, 6) is 4.73. The summed E-state index contributed by atoms with van der Waals surface area (Å²) in [4.78, 5) is 23.8. The number of nitrogens with zero attached hydrogens (tertiary/aromatic N) is 1. The lowest BCUT2D eigenvalue weighted by atomic mass is 10.1. The second-order valence-electron chi connectivity index (χ2n) is 5.25. The number of aromatic hydroxyl groups is 1. The van der Waals surface area contributed by atoms with E-state index in [1.807, 2.05) is 24.3 Å². The van der Waals surface area contributed by atoms with E-state index in [1.165, 1.54) is 30.5 Å². The minimum atomic E-state index is -0.583. The normalized spacial score (nSPS) is 15.7. The van der Waals surface area contributed by atoms with E-state index in [-0.39, 0.29) is 22.1 Å². The number of phenols is 1. The number of ketones is 1. The van der Waals surface area contributed by atoms with Crippen molar-refractivity contribution in [2.24, 2.45) is 5.84 Å². The second kappa shape index (κ2) is 6.31. The molecule has 3 N–H and O–H groups in total. The Hall–Kier alpha value is -2.89. The topological polar surface area (TPSA) is 83.6 Å². The van der Waals surface area contributed by atoms with Gasteiger partial charge in [0.05, 0.1) is 10.6 Å². The molecule has 2 aromatic rings. The summed E-state index contributed by atoms with van der Waals surface area (Å²) >= 11 is 5.77. The third kappa shape index (κ3) is 3.08. The van der Waals surface area contributed by atoms with Crippen molar-refractivity contribution in [2.45, 2.75) is 0 Å². The number of phenolic OH excluding ortho intramolecular Hbond substituents is 1. The summed E-state index contributed by atoms with van der Waals surface area (Å²) in [5, 5.41) is 12.6. The molecule has 0 heterocycles. The molecule has 0 radical (unpaired) electrons. The number of fused-ring (bicyclic) bond motifs is 1. The summed E-state index contributed by atoms with van der Waals surface area (Å²) in [6.07, 6.45) is 5.54. The predicted octanol–water partition coefficient (Wildman–Crippen LogP) is 3.01. The van der Waals surface area contributed by atoms with Gasteiger partial charge in [-0.05, 0) is 46.7 Å². The summed E-state index contributed by atoms with van der Waals surface area (Å²) in [6, 6.07) is 10.4. The molecule has 5 nitrogen and oxygen atoms in total. The third-order valence-electron chi connectivity index (χ3n) is 3.57. The van der Waals surface area contributed by atoms with E-state index in [0.29, 0.717) is 5.57 Å². The summed E-state index contributed by atoms with van der Waals surface area (Å²) in [5.41, 5.74) is 0.578. The molecule has 120 valence electrons. The number of carbonyl (C=O) groups is 2. The minimum Gasteiger partial charge on any atom is -0.507 e. The van der Waals surface area contributed by atoms with Crippen molar-refractivity contribution in [3.05, 3.63) is 77.0 Å². The SMILES string of the molecule is NN(C=C1C=CC(=O)C(Cl)=C1)C(=O)c1cc2ccccc2cc1O. The van der Waals surface area contributed by atoms with E-state index < -0.39 is 5.91 Å². The lowest BCUT2D eigenvalue weighted by Crippen LogP contribution is -2.32. The van der Waals surface area contributed by atoms with Crippen LogP contribution in [0.2, 0.25) is 0 Å². The molecule has 3 rings (SSSR count). The van der Waals surface area contributed by atoms with E-state index >= 15 is 0 Å². The van der Waals surface area contributed by atoms with Crippen LogP contribution in [0.1, 0.15) is 10.4 Å². The van der Waals surface area contributed by atoms with Crippen molar-refractivity contribution in [1.29, 1.82) is 0 Å². The molecule has 1 amide bonds. The van der Waals surface area contributed by atoms with Crippen LogP contribution in [-0.4, -0.2) is 21.8 Å². The molecule has 0 saturated carbocycles. The van der Waals surface area contributed by atoms with E-state index in [9.17, 15) is 14.7 Å². The zero-order chi connectivity index (χ0) is 17.3. The molecule has 0 atom stereocenters. The van der Waals surface area contributed by atoms with Gasteiger partial charge in [0.1, 0.15) is 5.75 Å². The molecular weight excluding hydrogens is 328 g/mol. The Balaban J connectivity index is 1.93. The molecular formula is C18H13ClN2O3. The maximum atomic E-state index is 12.5. The molecule has 0 aliphatic heterocycles. The first kappa shape index (κ1) is 16.0. The highest BCUT2D eigenvalue weighted by Gasteiger charge is 2.17. The van der Waals surface area contributed by atoms with Gasteiger partial charge in [-0.3, -0.25) is 14.6 Å². The van der Waals surface area contributed by atoms with Crippen molar-refractivity contribution >= 4 is 34.1 Å². The number of hydrazine groups is 1. The van der Waals surface area contributed by atoms with Crippen molar-refractivity contribution in [3.8, 4) is 5.75 Å². The summed E-state index contributed by atoms with van der Waals surface area (Å²) < 4.78 is 0. The Labute approximate surface area is 142 Å². The van der Waals surface area contributed by atoms with Crippen molar-refractivity contribution in [2.75, 3.05) is 0 Å². The van der Waals surface area contributed by atoms with Gasteiger partial charge in [0.15, 0.2) is 5.78 Å². The zero-order valence-corrected chi connectivity index (χ0v) is 13.2. The molecule has 0 saturated heterocycles. The quantitative estimate of drug-likeness (QED) is 0.500. The van der Waals surface area contributed by atoms with Crippen LogP contribution in [-0.2, 0) is 4.79 Å². The van der Waals surface area contributed by atoms with Crippen LogP contribution in [0.5, 0.6) is 5.75 Å². The Bertz CT molecular complexity index is 944. The largest absolute Gasteiger partial charge is 0.507 e. The predicted molar refractivity (Wildman–Crippen MR) is 92.1 cm³/mol. The van der Waals surface area contributed by atoms with Crippen LogP contribution in [0.25, 0.3) is 10.8 Å². The van der Waals surface area contributed by atoms with E-state index in [0.717, 1.165) is 15.8 Å². The number of carbonyl (C=O) groups excluding carboxylic acids is 2. The first-order valence-corrected chi connectivity index (χ1v) is 7.45. The monoisotopic (exact) mass is 340 g/mol. The average Bonchev–Trinajstić information content (AvgIpc) is 2.57. The van der Waals surface area contributed by atoms with Gasteiger partial charge in [-0.1, -0.05) is 35.9 Å². The Morgan fingerprint density at radius 1 is 1.17 bits per heavy atom. The summed E-state index contributed by atoms with van der Waals surface area (Å²) in [7, 11) is 0. The molecule has 24 heavy (non-hydrogen) atoms. The van der Waals surface area contributed by atoms with Gasteiger partial charge in [0.2, 0.25) is 0 Å². The molecule has 0 bridgehead atoms. The van der Waals surface area contributed by atoms with Gasteiger partial charge in [-0.2, -0.15) is 0 Å². The molecule has 1 aliphatic carbocycles. The number of hydrogen-bond donors (Lipinski definition) is 2. The van der Waals surface area contributed by atoms with Gasteiger partial charge in [0.25, 0.3) is 5.91 Å². The van der Waals surface area contributed by atoms with E-state index in [4.69, 9.17) is 17.4 Å². The number of rotatable bonds is 2. The van der Waals surface area contributed by atoms with Gasteiger partial charge in [0, 0.05) is 6.20 Å². The van der Waals surface area contributed by atoms with Crippen LogP contribution in [0.4, 0.5) is 0 Å². The number of benzene rings is 2. The average molecular weight is 341 g/mol. The molecule has 6 heteroatoms. The van der Waals surface area contributed by atoms with Crippen LogP contribution in [0.3, 0.4) is 0 Å². The highest BCUT2D eigenvalue weighted by molar-refractivity contribution is 6.44. The van der Waals surface area contributed by atoms with Crippen LogP contribution in [0.15, 0.2) is 71.4 Å². The lowest BCUT2D eigenvalue weighted by molar-refractivity contribution is -0.110. The maximum absolute atomic E-state index is 12.5. The standard InChI is InChI=1S/C18H13ClN2O3/c19-15-7-11(5-6-16(15)22)10-21(20)18(24)14-8-12-3-1-2-4-13(12)9-17(14)23/h1-10,23H,20H2.